The van der Waals surface area contributed by atoms with Crippen molar-refractivity contribution in [2.24, 2.45) is 0 Å². The Kier molecular flexibility index (Phi) is 5.34. The zero-order valence-electron chi connectivity index (χ0n) is 9.64. The summed E-state index contributed by atoms with van der Waals surface area (Å²) in [6.45, 7) is 2.17. The second-order valence-electron chi connectivity index (χ2n) is 3.18. The third-order valence-electron chi connectivity index (χ3n) is 1.92. The van der Waals surface area contributed by atoms with Gasteiger partial charge in [0.1, 0.15) is 0 Å². The zero-order valence-corrected chi connectivity index (χ0v) is 10.5. The highest BCUT2D eigenvalue weighted by Gasteiger charge is 2.10. The van der Waals surface area contributed by atoms with Gasteiger partial charge in [-0.15, -0.1) is 0 Å². The SMILES string of the molecule is COc1cc(OC)nc(SC(C)CCO)n1. The molecule has 1 rings (SSSR count). The first-order valence-corrected chi connectivity index (χ1v) is 5.82. The topological polar surface area (TPSA) is 64.5 Å². The first-order chi connectivity index (χ1) is 7.69. The molecule has 0 saturated carbocycles. The Morgan fingerprint density at radius 1 is 1.31 bits per heavy atom. The number of aliphatic hydroxyl groups is 1. The lowest BCUT2D eigenvalue weighted by Gasteiger charge is -2.09. The van der Waals surface area contributed by atoms with Gasteiger partial charge in [-0.05, 0) is 6.42 Å². The van der Waals surface area contributed by atoms with Gasteiger partial charge in [0.05, 0.1) is 20.3 Å². The molecule has 16 heavy (non-hydrogen) atoms. The van der Waals surface area contributed by atoms with E-state index in [-0.39, 0.29) is 11.9 Å². The molecular formula is C10H16N2O3S. The minimum Gasteiger partial charge on any atom is -0.481 e. The lowest BCUT2D eigenvalue weighted by Crippen LogP contribution is -2.02. The molecule has 0 aliphatic heterocycles. The summed E-state index contributed by atoms with van der Waals surface area (Å²) in [5.41, 5.74) is 0. The first-order valence-electron chi connectivity index (χ1n) is 4.94. The average Bonchev–Trinajstić information content (AvgIpc) is 2.28. The van der Waals surface area contributed by atoms with Crippen molar-refractivity contribution in [1.29, 1.82) is 0 Å². The van der Waals surface area contributed by atoms with Gasteiger partial charge in [-0.2, -0.15) is 9.97 Å². The summed E-state index contributed by atoms with van der Waals surface area (Å²) in [6.07, 6.45) is 0.702. The molecule has 0 fully saturated rings. The minimum absolute atomic E-state index is 0.162. The zero-order chi connectivity index (χ0) is 12.0. The molecular weight excluding hydrogens is 228 g/mol. The summed E-state index contributed by atoms with van der Waals surface area (Å²) in [5.74, 6) is 0.955. The molecule has 0 aromatic carbocycles. The summed E-state index contributed by atoms with van der Waals surface area (Å²) in [7, 11) is 3.10. The maximum Gasteiger partial charge on any atom is 0.220 e. The van der Waals surface area contributed by atoms with Crippen LogP contribution in [0.5, 0.6) is 11.8 Å². The second-order valence-corrected chi connectivity index (χ2v) is 4.58. The van der Waals surface area contributed by atoms with E-state index in [9.17, 15) is 0 Å². The van der Waals surface area contributed by atoms with Crippen molar-refractivity contribution in [3.05, 3.63) is 6.07 Å². The molecule has 0 bridgehead atoms. The number of hydrogen-bond acceptors (Lipinski definition) is 6. The highest BCUT2D eigenvalue weighted by atomic mass is 32.2. The Balaban J connectivity index is 2.78. The molecule has 0 amide bonds. The van der Waals surface area contributed by atoms with Gasteiger partial charge in [0.15, 0.2) is 5.16 Å². The average molecular weight is 244 g/mol. The van der Waals surface area contributed by atoms with Crippen LogP contribution in [0.3, 0.4) is 0 Å². The third-order valence-corrected chi connectivity index (χ3v) is 2.95. The lowest BCUT2D eigenvalue weighted by molar-refractivity contribution is 0.289. The number of methoxy groups -OCH3 is 2. The number of thioether (sulfide) groups is 1. The molecule has 0 saturated heterocycles. The van der Waals surface area contributed by atoms with Gasteiger partial charge in [0, 0.05) is 11.9 Å². The predicted octanol–water partition coefficient (Wildman–Crippen LogP) is 1.36. The van der Waals surface area contributed by atoms with E-state index in [1.807, 2.05) is 6.92 Å². The molecule has 1 aromatic heterocycles. The number of hydrogen-bond donors (Lipinski definition) is 1. The molecule has 1 unspecified atom stereocenters. The van der Waals surface area contributed by atoms with Gasteiger partial charge in [0.25, 0.3) is 0 Å². The number of aromatic nitrogens is 2. The first kappa shape index (κ1) is 13.1. The largest absolute Gasteiger partial charge is 0.481 e. The van der Waals surface area contributed by atoms with Crippen LogP contribution in [0.15, 0.2) is 11.2 Å². The molecule has 6 heteroatoms. The highest BCUT2D eigenvalue weighted by Crippen LogP contribution is 2.25. The number of ether oxygens (including phenoxy) is 2. The van der Waals surface area contributed by atoms with E-state index in [1.165, 1.54) is 11.8 Å². The van der Waals surface area contributed by atoms with Gasteiger partial charge in [0.2, 0.25) is 11.8 Å². The van der Waals surface area contributed by atoms with Crippen LogP contribution < -0.4 is 9.47 Å². The van der Waals surface area contributed by atoms with Crippen molar-refractivity contribution < 1.29 is 14.6 Å². The van der Waals surface area contributed by atoms with E-state index < -0.39 is 0 Å². The van der Waals surface area contributed by atoms with Gasteiger partial charge in [-0.3, -0.25) is 0 Å². The van der Waals surface area contributed by atoms with Crippen LogP contribution in [0.25, 0.3) is 0 Å². The van der Waals surface area contributed by atoms with Crippen LogP contribution in [0.1, 0.15) is 13.3 Å². The van der Waals surface area contributed by atoms with Crippen molar-refractivity contribution in [1.82, 2.24) is 9.97 Å². The maximum atomic E-state index is 8.81. The van der Waals surface area contributed by atoms with E-state index in [4.69, 9.17) is 14.6 Å². The summed E-state index contributed by atoms with van der Waals surface area (Å²) >= 11 is 1.48. The number of nitrogens with zero attached hydrogens (tertiary/aromatic N) is 2. The van der Waals surface area contributed by atoms with Crippen molar-refractivity contribution in [3.63, 3.8) is 0 Å². The van der Waals surface area contributed by atoms with Crippen molar-refractivity contribution in [2.45, 2.75) is 23.8 Å². The van der Waals surface area contributed by atoms with Crippen LogP contribution in [0.2, 0.25) is 0 Å². The second kappa shape index (κ2) is 6.55. The van der Waals surface area contributed by atoms with Crippen LogP contribution >= 0.6 is 11.8 Å². The molecule has 0 aliphatic rings. The van der Waals surface area contributed by atoms with E-state index in [1.54, 1.807) is 20.3 Å². The lowest BCUT2D eigenvalue weighted by atomic mass is 10.3. The van der Waals surface area contributed by atoms with E-state index in [2.05, 4.69) is 9.97 Å². The summed E-state index contributed by atoms with van der Waals surface area (Å²) in [6, 6.07) is 1.63. The molecule has 1 heterocycles. The maximum absolute atomic E-state index is 8.81. The normalized spacial score (nSPS) is 12.2. The van der Waals surface area contributed by atoms with Crippen LogP contribution in [-0.2, 0) is 0 Å². The van der Waals surface area contributed by atoms with Crippen LogP contribution in [0, 0.1) is 0 Å². The highest BCUT2D eigenvalue weighted by molar-refractivity contribution is 7.99. The fraction of sp³-hybridized carbons (Fsp3) is 0.600. The molecule has 0 spiro atoms. The van der Waals surface area contributed by atoms with Gasteiger partial charge in [-0.1, -0.05) is 18.7 Å². The van der Waals surface area contributed by atoms with E-state index in [0.29, 0.717) is 23.3 Å². The Labute approximate surface area is 99.2 Å². The monoisotopic (exact) mass is 244 g/mol. The molecule has 1 N–H and O–H groups in total. The van der Waals surface area contributed by atoms with Gasteiger partial charge >= 0.3 is 0 Å². The van der Waals surface area contributed by atoms with Crippen molar-refractivity contribution in [2.75, 3.05) is 20.8 Å². The van der Waals surface area contributed by atoms with E-state index >= 15 is 0 Å². The quantitative estimate of drug-likeness (QED) is 0.602. The molecule has 5 nitrogen and oxygen atoms in total. The molecule has 0 aliphatic carbocycles. The fourth-order valence-electron chi connectivity index (χ4n) is 1.07. The Morgan fingerprint density at radius 3 is 2.31 bits per heavy atom. The molecule has 90 valence electrons. The van der Waals surface area contributed by atoms with Crippen molar-refractivity contribution in [3.8, 4) is 11.8 Å². The van der Waals surface area contributed by atoms with Gasteiger partial charge < -0.3 is 14.6 Å². The Morgan fingerprint density at radius 2 is 1.88 bits per heavy atom. The van der Waals surface area contributed by atoms with E-state index in [0.717, 1.165) is 0 Å². The Hall–Kier alpha value is -1.01. The molecule has 0 radical (unpaired) electrons. The summed E-state index contributed by atoms with van der Waals surface area (Å²) in [4.78, 5) is 8.38. The summed E-state index contributed by atoms with van der Waals surface area (Å²) < 4.78 is 10.1. The minimum atomic E-state index is 0.162. The van der Waals surface area contributed by atoms with Crippen molar-refractivity contribution >= 4 is 11.8 Å². The van der Waals surface area contributed by atoms with Gasteiger partial charge in [-0.25, -0.2) is 0 Å². The summed E-state index contributed by atoms with van der Waals surface area (Å²) in [5, 5.41) is 9.66. The number of aliphatic hydroxyl groups excluding tert-OH is 1. The standard InChI is InChI=1S/C10H16N2O3S/c1-7(4-5-13)16-10-11-8(14-2)6-9(12-10)15-3/h6-7,13H,4-5H2,1-3H3. The third kappa shape index (κ3) is 3.86. The predicted molar refractivity (Wildman–Crippen MR) is 62.2 cm³/mol. The molecule has 1 aromatic rings. The molecule has 1 atom stereocenters. The van der Waals surface area contributed by atoms with Crippen LogP contribution in [-0.4, -0.2) is 41.2 Å². The smallest absolute Gasteiger partial charge is 0.220 e. The number of rotatable bonds is 6. The fourth-order valence-corrected chi connectivity index (χ4v) is 1.93. The Bertz CT molecular complexity index is 314. The van der Waals surface area contributed by atoms with Crippen LogP contribution in [0.4, 0.5) is 0 Å².